The Labute approximate surface area is 84.3 Å². The minimum atomic E-state index is 0.0982. The van der Waals surface area contributed by atoms with Crippen molar-refractivity contribution in [1.82, 2.24) is 4.57 Å². The number of nitrogens with two attached hydrogens (primary N) is 1. The smallest absolute Gasteiger partial charge is 0.0483 e. The largest absolute Gasteiger partial charge is 0.348 e. The lowest BCUT2D eigenvalue weighted by Crippen LogP contribution is -2.06. The van der Waals surface area contributed by atoms with Crippen molar-refractivity contribution in [2.75, 3.05) is 0 Å². The molecule has 0 aliphatic heterocycles. The summed E-state index contributed by atoms with van der Waals surface area (Å²) in [5.74, 6) is 0. The lowest BCUT2D eigenvalue weighted by molar-refractivity contribution is 0.795. The van der Waals surface area contributed by atoms with Gasteiger partial charge in [0.1, 0.15) is 0 Å². The SMILES string of the molecule is Cc1c([C@H](C)N)c2ccccc2n1C. The molecule has 0 amide bonds. The second-order valence-electron chi connectivity index (χ2n) is 3.86. The van der Waals surface area contributed by atoms with Crippen LogP contribution in [0.15, 0.2) is 24.3 Å². The van der Waals surface area contributed by atoms with Gasteiger partial charge in [0.2, 0.25) is 0 Å². The number of aromatic nitrogens is 1. The summed E-state index contributed by atoms with van der Waals surface area (Å²) in [7, 11) is 2.09. The zero-order chi connectivity index (χ0) is 10.3. The summed E-state index contributed by atoms with van der Waals surface area (Å²) in [6, 6.07) is 8.50. The van der Waals surface area contributed by atoms with E-state index in [-0.39, 0.29) is 6.04 Å². The van der Waals surface area contributed by atoms with Crippen LogP contribution >= 0.6 is 0 Å². The zero-order valence-corrected chi connectivity index (χ0v) is 8.91. The molecule has 0 aliphatic rings. The van der Waals surface area contributed by atoms with Gasteiger partial charge in [-0.05, 0) is 25.5 Å². The van der Waals surface area contributed by atoms with Gasteiger partial charge in [0.15, 0.2) is 0 Å². The molecule has 2 nitrogen and oxygen atoms in total. The van der Waals surface area contributed by atoms with Gasteiger partial charge in [-0.2, -0.15) is 0 Å². The normalized spacial score (nSPS) is 13.4. The second kappa shape index (κ2) is 3.14. The summed E-state index contributed by atoms with van der Waals surface area (Å²) in [5, 5.41) is 1.28. The molecule has 0 fully saturated rings. The van der Waals surface area contributed by atoms with E-state index in [4.69, 9.17) is 5.73 Å². The van der Waals surface area contributed by atoms with Crippen LogP contribution in [0.3, 0.4) is 0 Å². The van der Waals surface area contributed by atoms with E-state index in [0.717, 1.165) is 0 Å². The van der Waals surface area contributed by atoms with Gasteiger partial charge in [-0.15, -0.1) is 0 Å². The summed E-state index contributed by atoms with van der Waals surface area (Å²) in [6.07, 6.45) is 0. The van der Waals surface area contributed by atoms with Crippen molar-refractivity contribution in [1.29, 1.82) is 0 Å². The maximum absolute atomic E-state index is 5.98. The average Bonchev–Trinajstić information content (AvgIpc) is 2.41. The van der Waals surface area contributed by atoms with Crippen molar-refractivity contribution in [2.24, 2.45) is 12.8 Å². The number of benzene rings is 1. The van der Waals surface area contributed by atoms with E-state index in [0.29, 0.717) is 0 Å². The summed E-state index contributed by atoms with van der Waals surface area (Å²) in [4.78, 5) is 0. The topological polar surface area (TPSA) is 30.9 Å². The first-order valence-electron chi connectivity index (χ1n) is 4.92. The van der Waals surface area contributed by atoms with Crippen LogP contribution in [0.25, 0.3) is 10.9 Å². The molecule has 0 unspecified atom stereocenters. The molecule has 1 atom stereocenters. The summed E-state index contributed by atoms with van der Waals surface area (Å²) < 4.78 is 2.20. The van der Waals surface area contributed by atoms with Gasteiger partial charge < -0.3 is 10.3 Å². The molecule has 2 aromatic rings. The third kappa shape index (κ3) is 1.15. The molecule has 14 heavy (non-hydrogen) atoms. The van der Waals surface area contributed by atoms with Crippen LogP contribution in [0.4, 0.5) is 0 Å². The molecule has 0 saturated carbocycles. The van der Waals surface area contributed by atoms with E-state index >= 15 is 0 Å². The third-order valence-corrected chi connectivity index (χ3v) is 2.90. The quantitative estimate of drug-likeness (QED) is 0.732. The van der Waals surface area contributed by atoms with Gasteiger partial charge in [0.25, 0.3) is 0 Å². The first kappa shape index (κ1) is 9.28. The summed E-state index contributed by atoms with van der Waals surface area (Å²) in [6.45, 7) is 4.16. The predicted octanol–water partition coefficient (Wildman–Crippen LogP) is 2.51. The number of hydrogen-bond donors (Lipinski definition) is 1. The molecule has 1 aromatic carbocycles. The van der Waals surface area contributed by atoms with E-state index in [1.807, 2.05) is 6.92 Å². The van der Waals surface area contributed by atoms with Gasteiger partial charge >= 0.3 is 0 Å². The van der Waals surface area contributed by atoms with Gasteiger partial charge in [-0.3, -0.25) is 0 Å². The van der Waals surface area contributed by atoms with Crippen LogP contribution < -0.4 is 5.73 Å². The van der Waals surface area contributed by atoms with E-state index in [1.54, 1.807) is 0 Å². The minimum absolute atomic E-state index is 0.0982. The summed E-state index contributed by atoms with van der Waals surface area (Å²) in [5.41, 5.74) is 9.77. The number of para-hydroxylation sites is 1. The van der Waals surface area contributed by atoms with Crippen molar-refractivity contribution in [3.05, 3.63) is 35.5 Å². The highest BCUT2D eigenvalue weighted by molar-refractivity contribution is 5.85. The van der Waals surface area contributed by atoms with Crippen LogP contribution in [0, 0.1) is 6.92 Å². The number of nitrogens with zero attached hydrogens (tertiary/aromatic N) is 1. The Bertz CT molecular complexity index is 466. The Kier molecular flexibility index (Phi) is 2.08. The molecule has 0 bridgehead atoms. The lowest BCUT2D eigenvalue weighted by Gasteiger charge is -2.05. The molecule has 1 aromatic heterocycles. The molecule has 74 valence electrons. The third-order valence-electron chi connectivity index (χ3n) is 2.90. The van der Waals surface area contributed by atoms with Crippen LogP contribution in [0.1, 0.15) is 24.2 Å². The number of rotatable bonds is 1. The van der Waals surface area contributed by atoms with E-state index in [9.17, 15) is 0 Å². The molecule has 0 spiro atoms. The van der Waals surface area contributed by atoms with Crippen LogP contribution in [0.2, 0.25) is 0 Å². The van der Waals surface area contributed by atoms with Crippen LogP contribution in [0.5, 0.6) is 0 Å². The molecular weight excluding hydrogens is 172 g/mol. The van der Waals surface area contributed by atoms with E-state index < -0.39 is 0 Å². The van der Waals surface area contributed by atoms with Crippen molar-refractivity contribution in [3.8, 4) is 0 Å². The fourth-order valence-corrected chi connectivity index (χ4v) is 2.12. The number of aryl methyl sites for hydroxylation is 1. The first-order chi connectivity index (χ1) is 6.63. The van der Waals surface area contributed by atoms with Gasteiger partial charge in [0, 0.05) is 29.7 Å². The number of hydrogen-bond acceptors (Lipinski definition) is 1. The van der Waals surface area contributed by atoms with E-state index in [2.05, 4.69) is 42.8 Å². The highest BCUT2D eigenvalue weighted by Gasteiger charge is 2.13. The van der Waals surface area contributed by atoms with Crippen molar-refractivity contribution < 1.29 is 0 Å². The average molecular weight is 188 g/mol. The molecule has 2 rings (SSSR count). The molecule has 2 heteroatoms. The van der Waals surface area contributed by atoms with Crippen LogP contribution in [-0.2, 0) is 7.05 Å². The molecule has 0 aliphatic carbocycles. The molecule has 0 radical (unpaired) electrons. The van der Waals surface area contributed by atoms with Crippen molar-refractivity contribution >= 4 is 10.9 Å². The Morgan fingerprint density at radius 1 is 1.29 bits per heavy atom. The first-order valence-corrected chi connectivity index (χ1v) is 4.92. The summed E-state index contributed by atoms with van der Waals surface area (Å²) >= 11 is 0. The van der Waals surface area contributed by atoms with Crippen molar-refractivity contribution in [3.63, 3.8) is 0 Å². The Hall–Kier alpha value is -1.28. The highest BCUT2D eigenvalue weighted by Crippen LogP contribution is 2.28. The fraction of sp³-hybridized carbons (Fsp3) is 0.333. The van der Waals surface area contributed by atoms with Gasteiger partial charge in [-0.25, -0.2) is 0 Å². The molecule has 0 saturated heterocycles. The Balaban J connectivity index is 2.88. The van der Waals surface area contributed by atoms with Gasteiger partial charge in [0.05, 0.1) is 0 Å². The molecular formula is C12H16N2. The Morgan fingerprint density at radius 2 is 1.93 bits per heavy atom. The predicted molar refractivity (Wildman–Crippen MR) is 60.3 cm³/mol. The fourth-order valence-electron chi connectivity index (χ4n) is 2.12. The Morgan fingerprint density at radius 3 is 2.57 bits per heavy atom. The monoisotopic (exact) mass is 188 g/mol. The van der Waals surface area contributed by atoms with E-state index in [1.165, 1.54) is 22.2 Å². The van der Waals surface area contributed by atoms with Gasteiger partial charge in [-0.1, -0.05) is 18.2 Å². The standard InChI is InChI=1S/C12H16N2/c1-8(13)12-9(2)14(3)11-7-5-4-6-10(11)12/h4-8H,13H2,1-3H3/t8-/m0/s1. The second-order valence-corrected chi connectivity index (χ2v) is 3.86. The molecule has 1 heterocycles. The van der Waals surface area contributed by atoms with Crippen LogP contribution in [-0.4, -0.2) is 4.57 Å². The maximum Gasteiger partial charge on any atom is 0.0483 e. The molecule has 2 N–H and O–H groups in total. The maximum atomic E-state index is 5.98. The van der Waals surface area contributed by atoms with Crippen molar-refractivity contribution in [2.45, 2.75) is 19.9 Å². The number of fused-ring (bicyclic) bond motifs is 1. The highest BCUT2D eigenvalue weighted by atomic mass is 14.9. The minimum Gasteiger partial charge on any atom is -0.348 e. The lowest BCUT2D eigenvalue weighted by atomic mass is 10.1. The zero-order valence-electron chi connectivity index (χ0n) is 8.91.